The molecule has 2 rings (SSSR count). The average molecular weight is 350 g/mol. The number of benzene rings is 1. The smallest absolute Gasteiger partial charge is 0.126 e. The summed E-state index contributed by atoms with van der Waals surface area (Å²) in [6, 6.07) is 5.20. The van der Waals surface area contributed by atoms with Gasteiger partial charge < -0.3 is 0 Å². The third-order valence-electron chi connectivity index (χ3n) is 3.47. The number of hydrogen-bond donors (Lipinski definition) is 0. The van der Waals surface area contributed by atoms with Crippen LogP contribution in [-0.4, -0.2) is 5.33 Å². The quantitative estimate of drug-likeness (QED) is 0.675. The lowest BCUT2D eigenvalue weighted by atomic mass is 9.81. The van der Waals surface area contributed by atoms with Crippen molar-refractivity contribution in [1.29, 1.82) is 0 Å². The van der Waals surface area contributed by atoms with E-state index < -0.39 is 0 Å². The minimum atomic E-state index is -0.0870. The molecule has 0 aromatic heterocycles. The van der Waals surface area contributed by atoms with E-state index in [1.165, 1.54) is 12.8 Å². The molecular formula is C13H15Br2F. The Morgan fingerprint density at radius 3 is 2.69 bits per heavy atom. The van der Waals surface area contributed by atoms with Gasteiger partial charge in [0.25, 0.3) is 0 Å². The van der Waals surface area contributed by atoms with Gasteiger partial charge in [0.1, 0.15) is 5.82 Å². The summed E-state index contributed by atoms with van der Waals surface area (Å²) in [5.41, 5.74) is 1.02. The summed E-state index contributed by atoms with van der Waals surface area (Å²) in [7, 11) is 0. The molecule has 1 unspecified atom stereocenters. The van der Waals surface area contributed by atoms with E-state index in [1.54, 1.807) is 12.1 Å². The highest BCUT2D eigenvalue weighted by Gasteiger charge is 2.40. The Kier molecular flexibility index (Phi) is 3.75. The van der Waals surface area contributed by atoms with Gasteiger partial charge in [-0.25, -0.2) is 4.39 Å². The largest absolute Gasteiger partial charge is 0.207 e. The predicted molar refractivity (Wildman–Crippen MR) is 72.4 cm³/mol. The van der Waals surface area contributed by atoms with Crippen molar-refractivity contribution in [2.45, 2.75) is 26.2 Å². The fraction of sp³-hybridized carbons (Fsp3) is 0.538. The summed E-state index contributed by atoms with van der Waals surface area (Å²) in [5.74, 6) is 0.668. The van der Waals surface area contributed by atoms with Crippen molar-refractivity contribution >= 4 is 31.9 Å². The molecule has 0 aliphatic heterocycles. The molecule has 3 heteroatoms. The molecule has 0 heterocycles. The maximum Gasteiger partial charge on any atom is 0.126 e. The molecule has 1 atom stereocenters. The zero-order valence-electron chi connectivity index (χ0n) is 9.27. The van der Waals surface area contributed by atoms with Crippen molar-refractivity contribution < 1.29 is 4.39 Å². The van der Waals surface area contributed by atoms with Crippen molar-refractivity contribution in [3.63, 3.8) is 0 Å². The second-order valence-electron chi connectivity index (χ2n) is 4.97. The van der Waals surface area contributed by atoms with E-state index in [4.69, 9.17) is 0 Å². The fourth-order valence-electron chi connectivity index (χ4n) is 2.19. The maximum atomic E-state index is 13.7. The molecule has 0 N–H and O–H groups in total. The van der Waals surface area contributed by atoms with Gasteiger partial charge in [0.2, 0.25) is 0 Å². The lowest BCUT2D eigenvalue weighted by Crippen LogP contribution is -2.24. The van der Waals surface area contributed by atoms with E-state index in [-0.39, 0.29) is 11.2 Å². The lowest BCUT2D eigenvalue weighted by Gasteiger charge is -2.27. The Morgan fingerprint density at radius 2 is 2.12 bits per heavy atom. The highest BCUT2D eigenvalue weighted by molar-refractivity contribution is 9.10. The van der Waals surface area contributed by atoms with Crippen LogP contribution in [0.15, 0.2) is 22.7 Å². The second kappa shape index (κ2) is 4.77. The Bertz CT molecular complexity index is 388. The van der Waals surface area contributed by atoms with E-state index in [9.17, 15) is 4.39 Å². The molecule has 0 bridgehead atoms. The summed E-state index contributed by atoms with van der Waals surface area (Å²) >= 11 is 6.98. The molecule has 16 heavy (non-hydrogen) atoms. The zero-order chi connectivity index (χ0) is 11.8. The van der Waals surface area contributed by atoms with Crippen LogP contribution in [0.2, 0.25) is 0 Å². The second-order valence-corrected chi connectivity index (χ2v) is 6.45. The van der Waals surface area contributed by atoms with Gasteiger partial charge in [-0.1, -0.05) is 38.8 Å². The average Bonchev–Trinajstić information content (AvgIpc) is 3.07. The van der Waals surface area contributed by atoms with Gasteiger partial charge >= 0.3 is 0 Å². The molecular weight excluding hydrogens is 335 g/mol. The van der Waals surface area contributed by atoms with Gasteiger partial charge in [-0.15, -0.1) is 0 Å². The van der Waals surface area contributed by atoms with Gasteiger partial charge in [-0.3, -0.25) is 0 Å². The van der Waals surface area contributed by atoms with Gasteiger partial charge in [0.05, 0.1) is 0 Å². The Balaban J connectivity index is 2.21. The molecule has 88 valence electrons. The molecule has 0 amide bonds. The molecule has 1 aliphatic rings. The first-order valence-corrected chi connectivity index (χ1v) is 7.46. The molecule has 1 aromatic carbocycles. The summed E-state index contributed by atoms with van der Waals surface area (Å²) in [6.45, 7) is 2.25. The third-order valence-corrected chi connectivity index (χ3v) is 5.24. The standard InChI is InChI=1S/C13H15Br2F/c1-13(8-14,10-2-3-10)7-9-6-11(15)4-5-12(9)16/h4-6,10H,2-3,7-8H2,1H3. The first-order chi connectivity index (χ1) is 7.55. The number of rotatable bonds is 4. The van der Waals surface area contributed by atoms with Gasteiger partial charge in [-0.2, -0.15) is 0 Å². The number of alkyl halides is 1. The lowest BCUT2D eigenvalue weighted by molar-refractivity contribution is 0.314. The van der Waals surface area contributed by atoms with Crippen LogP contribution in [0.3, 0.4) is 0 Å². The van der Waals surface area contributed by atoms with E-state index in [1.807, 2.05) is 6.07 Å². The molecule has 0 spiro atoms. The SMILES string of the molecule is CC(CBr)(Cc1cc(Br)ccc1F)C1CC1. The predicted octanol–water partition coefficient (Wildman–Crippen LogP) is 4.94. The topological polar surface area (TPSA) is 0 Å². The van der Waals surface area contributed by atoms with Gasteiger partial charge in [-0.05, 0) is 54.4 Å². The number of halogens is 3. The van der Waals surface area contributed by atoms with Crippen molar-refractivity contribution in [3.8, 4) is 0 Å². The van der Waals surface area contributed by atoms with Gasteiger partial charge in [0.15, 0.2) is 0 Å². The summed E-state index contributed by atoms with van der Waals surface area (Å²) in [6.07, 6.45) is 3.39. The van der Waals surface area contributed by atoms with E-state index >= 15 is 0 Å². The summed E-state index contributed by atoms with van der Waals surface area (Å²) < 4.78 is 14.6. The van der Waals surface area contributed by atoms with Crippen LogP contribution in [0.5, 0.6) is 0 Å². The maximum absolute atomic E-state index is 13.7. The summed E-state index contributed by atoms with van der Waals surface area (Å²) in [4.78, 5) is 0. The molecule has 0 saturated heterocycles. The van der Waals surface area contributed by atoms with E-state index in [0.29, 0.717) is 0 Å². The van der Waals surface area contributed by atoms with Crippen molar-refractivity contribution in [2.24, 2.45) is 11.3 Å². The molecule has 0 radical (unpaired) electrons. The fourth-order valence-corrected chi connectivity index (χ4v) is 3.26. The van der Waals surface area contributed by atoms with Crippen molar-refractivity contribution in [3.05, 3.63) is 34.1 Å². The van der Waals surface area contributed by atoms with E-state index in [2.05, 4.69) is 38.8 Å². The van der Waals surface area contributed by atoms with Crippen LogP contribution in [0, 0.1) is 17.2 Å². The minimum Gasteiger partial charge on any atom is -0.207 e. The highest BCUT2D eigenvalue weighted by Crippen LogP contribution is 2.48. The van der Waals surface area contributed by atoms with Crippen molar-refractivity contribution in [1.82, 2.24) is 0 Å². The van der Waals surface area contributed by atoms with Crippen molar-refractivity contribution in [2.75, 3.05) is 5.33 Å². The molecule has 1 fully saturated rings. The van der Waals surface area contributed by atoms with E-state index in [0.717, 1.165) is 27.7 Å². The highest BCUT2D eigenvalue weighted by atomic mass is 79.9. The molecule has 0 nitrogen and oxygen atoms in total. The Labute approximate surface area is 113 Å². The van der Waals surface area contributed by atoms with Crippen LogP contribution < -0.4 is 0 Å². The van der Waals surface area contributed by atoms with Crippen LogP contribution in [-0.2, 0) is 6.42 Å². The zero-order valence-corrected chi connectivity index (χ0v) is 12.4. The Morgan fingerprint density at radius 1 is 1.44 bits per heavy atom. The third kappa shape index (κ3) is 2.67. The number of hydrogen-bond acceptors (Lipinski definition) is 0. The first-order valence-electron chi connectivity index (χ1n) is 5.55. The molecule has 1 aromatic rings. The summed E-state index contributed by atoms with van der Waals surface area (Å²) in [5, 5.41) is 0.941. The monoisotopic (exact) mass is 348 g/mol. The normalized spacial score (nSPS) is 19.5. The molecule has 1 saturated carbocycles. The van der Waals surface area contributed by atoms with Crippen LogP contribution in [0.25, 0.3) is 0 Å². The van der Waals surface area contributed by atoms with Crippen LogP contribution in [0.1, 0.15) is 25.3 Å². The van der Waals surface area contributed by atoms with Crippen LogP contribution >= 0.6 is 31.9 Å². The van der Waals surface area contributed by atoms with Gasteiger partial charge in [0, 0.05) is 9.80 Å². The first kappa shape index (κ1) is 12.6. The van der Waals surface area contributed by atoms with Crippen LogP contribution in [0.4, 0.5) is 4.39 Å². The Hall–Kier alpha value is 0.110. The molecule has 1 aliphatic carbocycles. The minimum absolute atomic E-state index is 0.0870.